The molecule has 0 saturated carbocycles. The Balaban J connectivity index is 1.65. The van der Waals surface area contributed by atoms with E-state index in [0.29, 0.717) is 11.3 Å². The molecular formula is C17H20N2O3. The number of furan rings is 1. The van der Waals surface area contributed by atoms with E-state index in [-0.39, 0.29) is 11.9 Å². The molecule has 5 heteroatoms. The molecule has 5 nitrogen and oxygen atoms in total. The number of para-hydroxylation sites is 2. The van der Waals surface area contributed by atoms with Crippen LogP contribution in [0.4, 0.5) is 5.69 Å². The number of hydrogen-bond acceptors (Lipinski definition) is 4. The molecule has 0 aliphatic carbocycles. The Morgan fingerprint density at radius 3 is 2.91 bits per heavy atom. The number of hydrogen-bond donors (Lipinski definition) is 1. The molecule has 1 unspecified atom stereocenters. The SMILES string of the molecule is COc1ccccc1N1CCC(NC(=O)c2ccoc2C)C1. The van der Waals surface area contributed by atoms with E-state index >= 15 is 0 Å². The predicted molar refractivity (Wildman–Crippen MR) is 84.5 cm³/mol. The van der Waals surface area contributed by atoms with E-state index in [1.807, 2.05) is 24.3 Å². The summed E-state index contributed by atoms with van der Waals surface area (Å²) in [6.07, 6.45) is 2.46. The van der Waals surface area contributed by atoms with Gasteiger partial charge in [0, 0.05) is 19.1 Å². The molecule has 1 amide bonds. The van der Waals surface area contributed by atoms with Gasteiger partial charge in [-0.05, 0) is 31.5 Å². The van der Waals surface area contributed by atoms with Crippen LogP contribution in [0.1, 0.15) is 22.5 Å². The number of rotatable bonds is 4. The molecule has 1 aromatic carbocycles. The zero-order valence-corrected chi connectivity index (χ0v) is 12.8. The van der Waals surface area contributed by atoms with Crippen molar-refractivity contribution < 1.29 is 13.9 Å². The summed E-state index contributed by atoms with van der Waals surface area (Å²) in [5.74, 6) is 1.44. The minimum atomic E-state index is -0.0712. The molecule has 0 radical (unpaired) electrons. The van der Waals surface area contributed by atoms with Gasteiger partial charge in [0.15, 0.2) is 0 Å². The Labute approximate surface area is 129 Å². The van der Waals surface area contributed by atoms with Gasteiger partial charge in [0.1, 0.15) is 11.5 Å². The van der Waals surface area contributed by atoms with E-state index in [0.717, 1.165) is 30.9 Å². The number of aryl methyl sites for hydroxylation is 1. The van der Waals surface area contributed by atoms with Crippen molar-refractivity contribution >= 4 is 11.6 Å². The van der Waals surface area contributed by atoms with E-state index in [1.54, 1.807) is 26.4 Å². The minimum absolute atomic E-state index is 0.0712. The first-order chi connectivity index (χ1) is 10.7. The highest BCUT2D eigenvalue weighted by Gasteiger charge is 2.26. The molecule has 2 heterocycles. The van der Waals surface area contributed by atoms with Gasteiger partial charge in [0.05, 0.1) is 24.6 Å². The van der Waals surface area contributed by atoms with Crippen LogP contribution in [0.5, 0.6) is 5.75 Å². The van der Waals surface area contributed by atoms with Gasteiger partial charge in [0.25, 0.3) is 5.91 Å². The monoisotopic (exact) mass is 300 g/mol. The fraction of sp³-hybridized carbons (Fsp3) is 0.353. The average Bonchev–Trinajstić information content (AvgIpc) is 3.16. The Morgan fingerprint density at radius 2 is 2.18 bits per heavy atom. The third kappa shape index (κ3) is 2.79. The number of methoxy groups -OCH3 is 1. The number of anilines is 1. The fourth-order valence-corrected chi connectivity index (χ4v) is 2.87. The lowest BCUT2D eigenvalue weighted by molar-refractivity contribution is 0.0939. The Bertz CT molecular complexity index is 665. The van der Waals surface area contributed by atoms with Crippen molar-refractivity contribution in [3.05, 3.63) is 47.9 Å². The summed E-state index contributed by atoms with van der Waals surface area (Å²) in [6, 6.07) is 9.79. The van der Waals surface area contributed by atoms with Crippen LogP contribution in [0.25, 0.3) is 0 Å². The fourth-order valence-electron chi connectivity index (χ4n) is 2.87. The van der Waals surface area contributed by atoms with Gasteiger partial charge in [-0.3, -0.25) is 4.79 Å². The molecule has 1 saturated heterocycles. The highest BCUT2D eigenvalue weighted by Crippen LogP contribution is 2.30. The first kappa shape index (κ1) is 14.5. The van der Waals surface area contributed by atoms with E-state index in [1.165, 1.54) is 0 Å². The second-order valence-corrected chi connectivity index (χ2v) is 5.47. The van der Waals surface area contributed by atoms with Gasteiger partial charge < -0.3 is 19.4 Å². The van der Waals surface area contributed by atoms with E-state index in [9.17, 15) is 4.79 Å². The summed E-state index contributed by atoms with van der Waals surface area (Å²) in [6.45, 7) is 3.48. The third-order valence-electron chi connectivity index (χ3n) is 4.05. The van der Waals surface area contributed by atoms with E-state index in [4.69, 9.17) is 9.15 Å². The number of ether oxygens (including phenoxy) is 1. The number of benzene rings is 1. The van der Waals surface area contributed by atoms with Gasteiger partial charge in [-0.15, -0.1) is 0 Å². The maximum Gasteiger partial charge on any atom is 0.255 e. The highest BCUT2D eigenvalue weighted by atomic mass is 16.5. The van der Waals surface area contributed by atoms with Crippen LogP contribution in [0.2, 0.25) is 0 Å². The van der Waals surface area contributed by atoms with Crippen LogP contribution >= 0.6 is 0 Å². The summed E-state index contributed by atoms with van der Waals surface area (Å²) in [5, 5.41) is 3.08. The van der Waals surface area contributed by atoms with Crippen molar-refractivity contribution in [2.24, 2.45) is 0 Å². The summed E-state index contributed by atoms with van der Waals surface area (Å²) in [4.78, 5) is 14.5. The third-order valence-corrected chi connectivity index (χ3v) is 4.05. The van der Waals surface area contributed by atoms with Crippen molar-refractivity contribution in [3.8, 4) is 5.75 Å². The molecular weight excluding hydrogens is 280 g/mol. The van der Waals surface area contributed by atoms with Gasteiger partial charge in [-0.2, -0.15) is 0 Å². The lowest BCUT2D eigenvalue weighted by Crippen LogP contribution is -2.37. The van der Waals surface area contributed by atoms with Crippen LogP contribution < -0.4 is 15.0 Å². The number of carbonyl (C=O) groups is 1. The smallest absolute Gasteiger partial charge is 0.255 e. The molecule has 2 aromatic rings. The molecule has 22 heavy (non-hydrogen) atoms. The second kappa shape index (κ2) is 6.13. The predicted octanol–water partition coefficient (Wildman–Crippen LogP) is 2.61. The van der Waals surface area contributed by atoms with Crippen molar-refractivity contribution in [1.29, 1.82) is 0 Å². The standard InChI is InChI=1S/C17H20N2O3/c1-12-14(8-10-22-12)17(20)18-13-7-9-19(11-13)15-5-3-4-6-16(15)21-2/h3-6,8,10,13H,7,9,11H2,1-2H3,(H,18,20). The van der Waals surface area contributed by atoms with Crippen LogP contribution in [0.3, 0.4) is 0 Å². The molecule has 1 aliphatic heterocycles. The average molecular weight is 300 g/mol. The first-order valence-electron chi connectivity index (χ1n) is 7.42. The molecule has 1 N–H and O–H groups in total. The van der Waals surface area contributed by atoms with Crippen LogP contribution in [-0.2, 0) is 0 Å². The van der Waals surface area contributed by atoms with Crippen LogP contribution in [0.15, 0.2) is 41.0 Å². The summed E-state index contributed by atoms with van der Waals surface area (Å²) in [5.41, 5.74) is 1.68. The number of nitrogens with one attached hydrogen (secondary N) is 1. The van der Waals surface area contributed by atoms with Gasteiger partial charge in [-0.1, -0.05) is 12.1 Å². The number of carbonyl (C=O) groups excluding carboxylic acids is 1. The van der Waals surface area contributed by atoms with Crippen molar-refractivity contribution in [1.82, 2.24) is 5.32 Å². The zero-order chi connectivity index (χ0) is 15.5. The van der Waals surface area contributed by atoms with Crippen molar-refractivity contribution in [3.63, 3.8) is 0 Å². The molecule has 0 spiro atoms. The molecule has 1 atom stereocenters. The first-order valence-corrected chi connectivity index (χ1v) is 7.42. The molecule has 3 rings (SSSR count). The van der Waals surface area contributed by atoms with Gasteiger partial charge in [-0.25, -0.2) is 0 Å². The van der Waals surface area contributed by atoms with E-state index in [2.05, 4.69) is 10.2 Å². The topological polar surface area (TPSA) is 54.7 Å². The molecule has 1 fully saturated rings. The van der Waals surface area contributed by atoms with Gasteiger partial charge >= 0.3 is 0 Å². The molecule has 1 aliphatic rings. The largest absolute Gasteiger partial charge is 0.495 e. The minimum Gasteiger partial charge on any atom is -0.495 e. The maximum absolute atomic E-state index is 12.2. The number of nitrogens with zero attached hydrogens (tertiary/aromatic N) is 1. The summed E-state index contributed by atoms with van der Waals surface area (Å²) < 4.78 is 10.6. The zero-order valence-electron chi connectivity index (χ0n) is 12.8. The van der Waals surface area contributed by atoms with Gasteiger partial charge in [0.2, 0.25) is 0 Å². The Kier molecular flexibility index (Phi) is 4.04. The van der Waals surface area contributed by atoms with E-state index < -0.39 is 0 Å². The lowest BCUT2D eigenvalue weighted by atomic mass is 10.2. The molecule has 0 bridgehead atoms. The lowest BCUT2D eigenvalue weighted by Gasteiger charge is -2.21. The molecule has 116 valence electrons. The Hall–Kier alpha value is -2.43. The Morgan fingerprint density at radius 1 is 1.36 bits per heavy atom. The van der Waals surface area contributed by atoms with Crippen LogP contribution in [-0.4, -0.2) is 32.1 Å². The number of amides is 1. The summed E-state index contributed by atoms with van der Waals surface area (Å²) in [7, 11) is 1.68. The van der Waals surface area contributed by atoms with Crippen molar-refractivity contribution in [2.45, 2.75) is 19.4 Å². The second-order valence-electron chi connectivity index (χ2n) is 5.47. The van der Waals surface area contributed by atoms with Crippen molar-refractivity contribution in [2.75, 3.05) is 25.1 Å². The highest BCUT2D eigenvalue weighted by molar-refractivity contribution is 5.95. The summed E-state index contributed by atoms with van der Waals surface area (Å²) >= 11 is 0. The molecule has 1 aromatic heterocycles. The normalized spacial score (nSPS) is 17.5. The van der Waals surface area contributed by atoms with Crippen LogP contribution in [0, 0.1) is 6.92 Å². The quantitative estimate of drug-likeness (QED) is 0.943. The maximum atomic E-state index is 12.2.